The highest BCUT2D eigenvalue weighted by Gasteiger charge is 2.10. The molecular formula is C21H14F2O3. The van der Waals surface area contributed by atoms with Crippen LogP contribution >= 0.6 is 0 Å². The van der Waals surface area contributed by atoms with Gasteiger partial charge in [-0.3, -0.25) is 0 Å². The molecule has 0 aliphatic carbocycles. The summed E-state index contributed by atoms with van der Waals surface area (Å²) in [6.07, 6.45) is 1.18. The molecule has 26 heavy (non-hydrogen) atoms. The van der Waals surface area contributed by atoms with Crippen molar-refractivity contribution in [3.05, 3.63) is 102 Å². The molecule has 0 radical (unpaired) electrons. The van der Waals surface area contributed by atoms with Crippen molar-refractivity contribution in [1.82, 2.24) is 0 Å². The summed E-state index contributed by atoms with van der Waals surface area (Å²) in [6, 6.07) is 19.5. The van der Waals surface area contributed by atoms with Crippen molar-refractivity contribution in [2.24, 2.45) is 0 Å². The minimum absolute atomic E-state index is 0.210. The van der Waals surface area contributed by atoms with Gasteiger partial charge < -0.3 is 9.47 Å². The minimum Gasteiger partial charge on any atom is -0.456 e. The second-order valence-corrected chi connectivity index (χ2v) is 5.31. The van der Waals surface area contributed by atoms with Crippen molar-refractivity contribution in [1.29, 1.82) is 0 Å². The number of carbonyl (C=O) groups excluding carboxylic acids is 1. The quantitative estimate of drug-likeness (QED) is 0.281. The summed E-state index contributed by atoms with van der Waals surface area (Å²) in [6.45, 7) is 0. The van der Waals surface area contributed by atoms with Crippen LogP contribution in [-0.2, 0) is 4.79 Å². The first-order chi connectivity index (χ1) is 12.6. The Hall–Kier alpha value is -3.47. The van der Waals surface area contributed by atoms with Crippen molar-refractivity contribution >= 4 is 11.7 Å². The van der Waals surface area contributed by atoms with Crippen molar-refractivity contribution < 1.29 is 23.0 Å². The van der Waals surface area contributed by atoms with Crippen molar-refractivity contribution in [3.63, 3.8) is 0 Å². The van der Waals surface area contributed by atoms with Crippen LogP contribution in [0.5, 0.6) is 11.5 Å². The molecule has 0 fully saturated rings. The number of rotatable bonds is 5. The highest BCUT2D eigenvalue weighted by Crippen LogP contribution is 2.22. The van der Waals surface area contributed by atoms with Gasteiger partial charge in [-0.1, -0.05) is 30.3 Å². The number of hydrogen-bond acceptors (Lipinski definition) is 3. The Morgan fingerprint density at radius 3 is 1.73 bits per heavy atom. The van der Waals surface area contributed by atoms with Crippen LogP contribution in [0.25, 0.3) is 5.76 Å². The van der Waals surface area contributed by atoms with Gasteiger partial charge in [-0.05, 0) is 48.5 Å². The van der Waals surface area contributed by atoms with E-state index in [1.807, 2.05) is 6.07 Å². The summed E-state index contributed by atoms with van der Waals surface area (Å²) < 4.78 is 36.9. The second-order valence-electron chi connectivity index (χ2n) is 5.31. The van der Waals surface area contributed by atoms with Crippen LogP contribution in [0.15, 0.2) is 84.9 Å². The molecule has 3 aromatic carbocycles. The Balaban J connectivity index is 1.84. The van der Waals surface area contributed by atoms with E-state index in [0.717, 1.165) is 0 Å². The van der Waals surface area contributed by atoms with Crippen LogP contribution < -0.4 is 9.47 Å². The van der Waals surface area contributed by atoms with Crippen LogP contribution in [0.1, 0.15) is 5.56 Å². The Labute approximate surface area is 149 Å². The molecule has 0 aromatic heterocycles. The zero-order chi connectivity index (χ0) is 18.4. The Bertz CT molecular complexity index is 902. The third kappa shape index (κ3) is 4.77. The first-order valence-corrected chi connectivity index (χ1v) is 7.78. The van der Waals surface area contributed by atoms with Crippen LogP contribution in [0.4, 0.5) is 8.78 Å². The molecule has 0 saturated carbocycles. The predicted molar refractivity (Wildman–Crippen MR) is 93.5 cm³/mol. The average molecular weight is 352 g/mol. The molecule has 0 unspecified atom stereocenters. The monoisotopic (exact) mass is 352 g/mol. The van der Waals surface area contributed by atoms with E-state index >= 15 is 0 Å². The summed E-state index contributed by atoms with van der Waals surface area (Å²) in [4.78, 5) is 12.2. The molecular weight excluding hydrogens is 338 g/mol. The molecule has 5 heteroatoms. The van der Waals surface area contributed by atoms with Crippen LogP contribution in [0.3, 0.4) is 0 Å². The van der Waals surface area contributed by atoms with E-state index in [4.69, 9.17) is 9.47 Å². The van der Waals surface area contributed by atoms with E-state index in [2.05, 4.69) is 0 Å². The van der Waals surface area contributed by atoms with Gasteiger partial charge in [0.2, 0.25) is 0 Å². The first-order valence-electron chi connectivity index (χ1n) is 7.78. The second kappa shape index (κ2) is 8.07. The number of esters is 1. The standard InChI is InChI=1S/C21H14F2O3/c22-16-6-10-18(11-7-16)25-20(15-4-2-1-3-5-15)14-21(24)26-19-12-8-17(23)9-13-19/h1-14H/b20-14-. The number of carbonyl (C=O) groups is 1. The lowest BCUT2D eigenvalue weighted by Crippen LogP contribution is -2.07. The predicted octanol–water partition coefficient (Wildman–Crippen LogP) is 4.99. The van der Waals surface area contributed by atoms with E-state index < -0.39 is 17.6 Å². The summed E-state index contributed by atoms with van der Waals surface area (Å²) in [5.41, 5.74) is 0.646. The third-order valence-electron chi connectivity index (χ3n) is 3.38. The minimum atomic E-state index is -0.683. The lowest BCUT2D eigenvalue weighted by atomic mass is 10.2. The number of hydrogen-bond donors (Lipinski definition) is 0. The van der Waals surface area contributed by atoms with E-state index in [1.54, 1.807) is 24.3 Å². The number of ether oxygens (including phenoxy) is 2. The third-order valence-corrected chi connectivity index (χ3v) is 3.38. The van der Waals surface area contributed by atoms with Crippen molar-refractivity contribution in [3.8, 4) is 11.5 Å². The summed E-state index contributed by atoms with van der Waals surface area (Å²) >= 11 is 0. The Morgan fingerprint density at radius 1 is 0.692 bits per heavy atom. The largest absolute Gasteiger partial charge is 0.456 e. The zero-order valence-electron chi connectivity index (χ0n) is 13.6. The molecule has 0 amide bonds. The molecule has 0 aliphatic heterocycles. The van der Waals surface area contributed by atoms with Gasteiger partial charge in [0.05, 0.1) is 6.08 Å². The Kier molecular flexibility index (Phi) is 5.39. The molecule has 0 heterocycles. The fraction of sp³-hybridized carbons (Fsp3) is 0. The fourth-order valence-corrected chi connectivity index (χ4v) is 2.16. The molecule has 0 bridgehead atoms. The van der Waals surface area contributed by atoms with E-state index in [1.165, 1.54) is 54.6 Å². The zero-order valence-corrected chi connectivity index (χ0v) is 13.6. The summed E-state index contributed by atoms with van der Waals surface area (Å²) in [7, 11) is 0. The lowest BCUT2D eigenvalue weighted by Gasteiger charge is -2.10. The molecule has 0 atom stereocenters. The maximum absolute atomic E-state index is 13.1. The number of halogens is 2. The molecule has 0 N–H and O–H groups in total. The van der Waals surface area contributed by atoms with Crippen LogP contribution in [0.2, 0.25) is 0 Å². The van der Waals surface area contributed by atoms with Gasteiger partial charge in [-0.2, -0.15) is 0 Å². The normalized spacial score (nSPS) is 11.1. The van der Waals surface area contributed by atoms with Gasteiger partial charge in [0.25, 0.3) is 0 Å². The van der Waals surface area contributed by atoms with Gasteiger partial charge in [0.15, 0.2) is 0 Å². The molecule has 3 rings (SSSR count). The fourth-order valence-electron chi connectivity index (χ4n) is 2.16. The van der Waals surface area contributed by atoms with Gasteiger partial charge in [-0.25, -0.2) is 13.6 Å². The van der Waals surface area contributed by atoms with Gasteiger partial charge in [0.1, 0.15) is 28.9 Å². The maximum atomic E-state index is 13.1. The van der Waals surface area contributed by atoms with E-state index in [9.17, 15) is 13.6 Å². The average Bonchev–Trinajstić information content (AvgIpc) is 2.65. The highest BCUT2D eigenvalue weighted by atomic mass is 19.1. The first kappa shape index (κ1) is 17.4. The molecule has 130 valence electrons. The molecule has 0 aliphatic rings. The smallest absolute Gasteiger partial charge is 0.339 e. The summed E-state index contributed by atoms with van der Waals surface area (Å²) in [5, 5.41) is 0. The topological polar surface area (TPSA) is 35.5 Å². The molecule has 3 aromatic rings. The Morgan fingerprint density at radius 2 is 1.19 bits per heavy atom. The van der Waals surface area contributed by atoms with E-state index in [0.29, 0.717) is 11.3 Å². The molecule has 0 spiro atoms. The van der Waals surface area contributed by atoms with Gasteiger partial charge in [-0.15, -0.1) is 0 Å². The summed E-state index contributed by atoms with van der Waals surface area (Å²) in [5.74, 6) is -0.678. The highest BCUT2D eigenvalue weighted by molar-refractivity contribution is 5.91. The van der Waals surface area contributed by atoms with Crippen LogP contribution in [-0.4, -0.2) is 5.97 Å². The van der Waals surface area contributed by atoms with E-state index in [-0.39, 0.29) is 11.5 Å². The number of benzene rings is 3. The molecule has 3 nitrogen and oxygen atoms in total. The van der Waals surface area contributed by atoms with Gasteiger partial charge in [0, 0.05) is 5.56 Å². The SMILES string of the molecule is O=C(/C=C(\Oc1ccc(F)cc1)c1ccccc1)Oc1ccc(F)cc1. The lowest BCUT2D eigenvalue weighted by molar-refractivity contribution is -0.129. The van der Waals surface area contributed by atoms with Crippen molar-refractivity contribution in [2.45, 2.75) is 0 Å². The van der Waals surface area contributed by atoms with Crippen LogP contribution in [0, 0.1) is 11.6 Å². The maximum Gasteiger partial charge on any atom is 0.339 e. The van der Waals surface area contributed by atoms with Gasteiger partial charge >= 0.3 is 5.97 Å². The van der Waals surface area contributed by atoms with Crippen molar-refractivity contribution in [2.75, 3.05) is 0 Å². The molecule has 0 saturated heterocycles.